The van der Waals surface area contributed by atoms with Gasteiger partial charge in [-0.15, -0.1) is 16.4 Å². The normalized spacial score (nSPS) is 10.2. The van der Waals surface area contributed by atoms with Gasteiger partial charge in [0.15, 0.2) is 5.15 Å². The van der Waals surface area contributed by atoms with Gasteiger partial charge in [0.2, 0.25) is 0 Å². The van der Waals surface area contributed by atoms with Gasteiger partial charge in [0, 0.05) is 18.0 Å². The summed E-state index contributed by atoms with van der Waals surface area (Å²) in [6, 6.07) is 3.59. The molecule has 0 bridgehead atoms. The maximum Gasteiger partial charge on any atom is 0.151 e. The van der Waals surface area contributed by atoms with Crippen molar-refractivity contribution in [2.45, 2.75) is 6.42 Å². The van der Waals surface area contributed by atoms with Gasteiger partial charge in [-0.25, -0.2) is 4.98 Å². The first-order chi connectivity index (χ1) is 6.34. The van der Waals surface area contributed by atoms with Gasteiger partial charge in [0.1, 0.15) is 0 Å². The van der Waals surface area contributed by atoms with E-state index >= 15 is 0 Å². The number of hydrogen-bond donors (Lipinski definition) is 0. The Hall–Kier alpha value is -1.00. The van der Waals surface area contributed by atoms with Gasteiger partial charge in [0.05, 0.1) is 10.7 Å². The monoisotopic (exact) mass is 211 g/mol. The van der Waals surface area contributed by atoms with Crippen LogP contribution in [0, 0.1) is 0 Å². The molecule has 0 saturated heterocycles. The van der Waals surface area contributed by atoms with E-state index in [2.05, 4.69) is 15.2 Å². The average molecular weight is 212 g/mol. The molecule has 0 amide bonds. The molecule has 2 heterocycles. The molecule has 0 aromatic carbocycles. The molecule has 0 unspecified atom stereocenters. The largest absolute Gasteiger partial charge is 0.249 e. The molecule has 0 spiro atoms. The predicted octanol–water partition coefficient (Wildman–Crippen LogP) is 2.18. The van der Waals surface area contributed by atoms with Gasteiger partial charge in [0.25, 0.3) is 0 Å². The van der Waals surface area contributed by atoms with E-state index < -0.39 is 0 Å². The Balaban J connectivity index is 2.15. The molecular formula is C8H6ClN3S. The van der Waals surface area contributed by atoms with Crippen LogP contribution in [0.5, 0.6) is 0 Å². The Morgan fingerprint density at radius 1 is 1.31 bits per heavy atom. The Morgan fingerprint density at radius 2 is 2.23 bits per heavy atom. The summed E-state index contributed by atoms with van der Waals surface area (Å²) >= 11 is 7.22. The average Bonchev–Trinajstić information content (AvgIpc) is 2.62. The van der Waals surface area contributed by atoms with Gasteiger partial charge < -0.3 is 0 Å². The Bertz CT molecular complexity index is 371. The standard InChI is InChI=1S/C8H6ClN3S/c9-7-2-1-6(11-12-7)5-8-10-3-4-13-8/h1-4H,5H2. The summed E-state index contributed by atoms with van der Waals surface area (Å²) in [7, 11) is 0. The van der Waals surface area contributed by atoms with E-state index in [4.69, 9.17) is 11.6 Å². The van der Waals surface area contributed by atoms with Gasteiger partial charge in [-0.2, -0.15) is 5.10 Å². The van der Waals surface area contributed by atoms with Gasteiger partial charge in [-0.1, -0.05) is 11.6 Å². The van der Waals surface area contributed by atoms with Crippen LogP contribution in [0.1, 0.15) is 10.7 Å². The molecule has 0 radical (unpaired) electrons. The Labute approximate surface area is 84.4 Å². The topological polar surface area (TPSA) is 38.7 Å². The van der Waals surface area contributed by atoms with E-state index in [1.807, 2.05) is 11.4 Å². The second-order valence-electron chi connectivity index (χ2n) is 2.45. The summed E-state index contributed by atoms with van der Waals surface area (Å²) in [5.41, 5.74) is 0.888. The molecule has 0 fully saturated rings. The molecule has 2 aromatic rings. The smallest absolute Gasteiger partial charge is 0.151 e. The fraction of sp³-hybridized carbons (Fsp3) is 0.125. The van der Waals surface area contributed by atoms with Crippen LogP contribution in [0.4, 0.5) is 0 Å². The lowest BCUT2D eigenvalue weighted by Gasteiger charge is -1.94. The van der Waals surface area contributed by atoms with Gasteiger partial charge >= 0.3 is 0 Å². The highest BCUT2D eigenvalue weighted by atomic mass is 35.5. The molecule has 0 saturated carbocycles. The van der Waals surface area contributed by atoms with Crippen LogP contribution in [0.2, 0.25) is 5.15 Å². The molecular weight excluding hydrogens is 206 g/mol. The first kappa shape index (κ1) is 8.59. The lowest BCUT2D eigenvalue weighted by Crippen LogP contribution is -1.93. The zero-order valence-electron chi connectivity index (χ0n) is 6.64. The van der Waals surface area contributed by atoms with E-state index in [1.165, 1.54) is 0 Å². The number of aromatic nitrogens is 3. The minimum absolute atomic E-state index is 0.419. The maximum atomic E-state index is 5.61. The quantitative estimate of drug-likeness (QED) is 0.764. The zero-order valence-corrected chi connectivity index (χ0v) is 8.22. The van der Waals surface area contributed by atoms with Crippen molar-refractivity contribution in [1.29, 1.82) is 0 Å². The summed E-state index contributed by atoms with van der Waals surface area (Å²) in [5.74, 6) is 0. The lowest BCUT2D eigenvalue weighted by atomic mass is 10.3. The van der Waals surface area contributed by atoms with Crippen molar-refractivity contribution in [2.75, 3.05) is 0 Å². The van der Waals surface area contributed by atoms with Crippen molar-refractivity contribution in [2.24, 2.45) is 0 Å². The Kier molecular flexibility index (Phi) is 2.52. The summed E-state index contributed by atoms with van der Waals surface area (Å²) in [6.07, 6.45) is 2.51. The molecule has 66 valence electrons. The Morgan fingerprint density at radius 3 is 2.85 bits per heavy atom. The molecule has 3 nitrogen and oxygen atoms in total. The van der Waals surface area contributed by atoms with Crippen molar-refractivity contribution in [3.8, 4) is 0 Å². The number of thiazole rings is 1. The molecule has 0 aliphatic rings. The highest BCUT2D eigenvalue weighted by Gasteiger charge is 2.00. The molecule has 0 aliphatic heterocycles. The fourth-order valence-electron chi connectivity index (χ4n) is 0.933. The SMILES string of the molecule is Clc1ccc(Cc2nccs2)nn1. The van der Waals surface area contributed by atoms with Crippen LogP contribution in [0.15, 0.2) is 23.7 Å². The van der Waals surface area contributed by atoms with Crippen molar-refractivity contribution >= 4 is 22.9 Å². The highest BCUT2D eigenvalue weighted by Crippen LogP contribution is 2.10. The molecule has 2 rings (SSSR count). The summed E-state index contributed by atoms with van der Waals surface area (Å²) in [4.78, 5) is 4.15. The summed E-state index contributed by atoms with van der Waals surface area (Å²) in [5, 5.41) is 11.1. The van der Waals surface area contributed by atoms with Crippen LogP contribution >= 0.6 is 22.9 Å². The third-order valence-electron chi connectivity index (χ3n) is 1.50. The third-order valence-corrected chi connectivity index (χ3v) is 2.48. The van der Waals surface area contributed by atoms with Gasteiger partial charge in [-0.05, 0) is 12.1 Å². The second-order valence-corrected chi connectivity index (χ2v) is 3.82. The van der Waals surface area contributed by atoms with E-state index in [0.717, 1.165) is 17.1 Å². The molecule has 0 aliphatic carbocycles. The molecule has 0 atom stereocenters. The summed E-state index contributed by atoms with van der Waals surface area (Å²) < 4.78 is 0. The molecule has 2 aromatic heterocycles. The number of hydrogen-bond acceptors (Lipinski definition) is 4. The fourth-order valence-corrected chi connectivity index (χ4v) is 1.67. The van der Waals surface area contributed by atoms with E-state index in [9.17, 15) is 0 Å². The molecule has 5 heteroatoms. The van der Waals surface area contributed by atoms with Crippen LogP contribution < -0.4 is 0 Å². The first-order valence-corrected chi connectivity index (χ1v) is 4.97. The lowest BCUT2D eigenvalue weighted by molar-refractivity contribution is 0.931. The van der Waals surface area contributed by atoms with E-state index in [0.29, 0.717) is 5.15 Å². The number of rotatable bonds is 2. The minimum Gasteiger partial charge on any atom is -0.249 e. The predicted molar refractivity (Wildman–Crippen MR) is 52.0 cm³/mol. The first-order valence-electron chi connectivity index (χ1n) is 3.71. The third kappa shape index (κ3) is 2.23. The highest BCUT2D eigenvalue weighted by molar-refractivity contribution is 7.09. The van der Waals surface area contributed by atoms with Crippen LogP contribution in [-0.4, -0.2) is 15.2 Å². The molecule has 13 heavy (non-hydrogen) atoms. The van der Waals surface area contributed by atoms with Crippen molar-refractivity contribution in [3.05, 3.63) is 39.6 Å². The minimum atomic E-state index is 0.419. The summed E-state index contributed by atoms with van der Waals surface area (Å²) in [6.45, 7) is 0. The van der Waals surface area contributed by atoms with Crippen LogP contribution in [0.3, 0.4) is 0 Å². The van der Waals surface area contributed by atoms with Crippen molar-refractivity contribution in [1.82, 2.24) is 15.2 Å². The number of nitrogens with zero attached hydrogens (tertiary/aromatic N) is 3. The van der Waals surface area contributed by atoms with Crippen molar-refractivity contribution < 1.29 is 0 Å². The maximum absolute atomic E-state index is 5.61. The number of halogens is 1. The van der Waals surface area contributed by atoms with E-state index in [-0.39, 0.29) is 0 Å². The second kappa shape index (κ2) is 3.81. The van der Waals surface area contributed by atoms with Crippen LogP contribution in [-0.2, 0) is 6.42 Å². The van der Waals surface area contributed by atoms with E-state index in [1.54, 1.807) is 23.6 Å². The van der Waals surface area contributed by atoms with Crippen molar-refractivity contribution in [3.63, 3.8) is 0 Å². The zero-order chi connectivity index (χ0) is 9.10. The van der Waals surface area contributed by atoms with Crippen LogP contribution in [0.25, 0.3) is 0 Å². The molecule has 0 N–H and O–H groups in total. The van der Waals surface area contributed by atoms with Gasteiger partial charge in [-0.3, -0.25) is 0 Å².